The molecular weight excluding hydrogens is 324 g/mol. The van der Waals surface area contributed by atoms with E-state index in [9.17, 15) is 19.2 Å². The molecule has 0 bridgehead atoms. The van der Waals surface area contributed by atoms with Gasteiger partial charge in [-0.25, -0.2) is 19.2 Å². The fourth-order valence-electron chi connectivity index (χ4n) is 2.16. The Hall–Kier alpha value is -4.04. The molecule has 25 heavy (non-hydrogen) atoms. The van der Waals surface area contributed by atoms with Crippen LogP contribution in [0.4, 0.5) is 22.7 Å². The average molecular weight is 332 g/mol. The standard InChI is InChI=1S/C17H8N4O4/c22-8-18-14-3-1-12(16(6-14)20-10-24)5-13-2-4-15(19-9-23)7-17(13)21-11-25/h1-4,6-7H,5H2. The molecule has 0 unspecified atom stereocenters. The van der Waals surface area contributed by atoms with Crippen molar-refractivity contribution in [3.63, 3.8) is 0 Å². The smallest absolute Gasteiger partial charge is 0.211 e. The minimum absolute atomic E-state index is 0.261. The SMILES string of the molecule is O=C=Nc1ccc(Cc2ccc(N=C=O)cc2N=C=O)c(N=C=O)c1. The summed E-state index contributed by atoms with van der Waals surface area (Å²) >= 11 is 0. The van der Waals surface area contributed by atoms with Crippen LogP contribution in [0.25, 0.3) is 0 Å². The van der Waals surface area contributed by atoms with Crippen molar-refractivity contribution in [1.29, 1.82) is 0 Å². The second-order valence-electron chi connectivity index (χ2n) is 4.62. The maximum atomic E-state index is 10.6. The molecule has 0 saturated carbocycles. The van der Waals surface area contributed by atoms with E-state index in [1.165, 1.54) is 36.5 Å². The number of hydrogen-bond acceptors (Lipinski definition) is 8. The Morgan fingerprint density at radius 3 is 1.36 bits per heavy atom. The van der Waals surface area contributed by atoms with Gasteiger partial charge in [-0.15, -0.1) is 0 Å². The van der Waals surface area contributed by atoms with Gasteiger partial charge in [0.05, 0.1) is 22.7 Å². The van der Waals surface area contributed by atoms with Crippen LogP contribution in [0.1, 0.15) is 11.1 Å². The predicted octanol–water partition coefficient (Wildman–Crippen LogP) is 3.15. The summed E-state index contributed by atoms with van der Waals surface area (Å²) in [5.74, 6) is 0. The number of isocyanates is 4. The fourth-order valence-corrected chi connectivity index (χ4v) is 2.16. The summed E-state index contributed by atoms with van der Waals surface area (Å²) in [6.45, 7) is 0. The summed E-state index contributed by atoms with van der Waals surface area (Å²) in [7, 11) is 0. The molecule has 2 aromatic rings. The van der Waals surface area contributed by atoms with Crippen LogP contribution >= 0.6 is 0 Å². The van der Waals surface area contributed by atoms with E-state index >= 15 is 0 Å². The number of carbonyl (C=O) groups excluding carboxylic acids is 4. The zero-order valence-corrected chi connectivity index (χ0v) is 12.6. The highest BCUT2D eigenvalue weighted by atomic mass is 16.1. The molecule has 0 aromatic heterocycles. The Labute approximate surface area is 141 Å². The monoisotopic (exact) mass is 332 g/mol. The number of benzene rings is 2. The van der Waals surface area contributed by atoms with Crippen molar-refractivity contribution >= 4 is 47.1 Å². The Morgan fingerprint density at radius 1 is 0.600 bits per heavy atom. The first-order chi connectivity index (χ1) is 12.2. The predicted molar refractivity (Wildman–Crippen MR) is 86.8 cm³/mol. The van der Waals surface area contributed by atoms with Gasteiger partial charge in [-0.3, -0.25) is 0 Å². The molecule has 0 amide bonds. The third-order valence-electron chi connectivity index (χ3n) is 3.20. The quantitative estimate of drug-likeness (QED) is 0.596. The van der Waals surface area contributed by atoms with Crippen LogP contribution in [0.3, 0.4) is 0 Å². The first-order valence-electron chi connectivity index (χ1n) is 6.79. The Morgan fingerprint density at radius 2 is 1.00 bits per heavy atom. The third kappa shape index (κ3) is 4.47. The second kappa shape index (κ2) is 8.56. The molecule has 0 atom stereocenters. The fraction of sp³-hybridized carbons (Fsp3) is 0.0588. The summed E-state index contributed by atoms with van der Waals surface area (Å²) in [6.07, 6.45) is 5.94. The lowest BCUT2D eigenvalue weighted by molar-refractivity contribution is 0.564. The molecule has 120 valence electrons. The molecule has 0 aliphatic rings. The largest absolute Gasteiger partial charge is 0.240 e. The van der Waals surface area contributed by atoms with Gasteiger partial charge in [0.2, 0.25) is 24.3 Å². The third-order valence-corrected chi connectivity index (χ3v) is 3.20. The molecule has 0 spiro atoms. The molecular formula is C17H8N4O4. The molecule has 0 radical (unpaired) electrons. The maximum absolute atomic E-state index is 10.6. The van der Waals surface area contributed by atoms with Crippen LogP contribution < -0.4 is 0 Å². The average Bonchev–Trinajstić information content (AvgIpc) is 2.60. The van der Waals surface area contributed by atoms with E-state index in [0.717, 1.165) is 0 Å². The van der Waals surface area contributed by atoms with E-state index in [1.54, 1.807) is 24.3 Å². The molecule has 8 nitrogen and oxygen atoms in total. The van der Waals surface area contributed by atoms with E-state index in [0.29, 0.717) is 11.1 Å². The number of rotatable bonds is 6. The zero-order valence-electron chi connectivity index (χ0n) is 12.6. The summed E-state index contributed by atoms with van der Waals surface area (Å²) in [5, 5.41) is 0. The molecule has 2 rings (SSSR count). The lowest BCUT2D eigenvalue weighted by Gasteiger charge is -2.08. The van der Waals surface area contributed by atoms with E-state index in [4.69, 9.17) is 0 Å². The Balaban J connectivity index is 2.51. The Bertz CT molecular complexity index is 924. The van der Waals surface area contributed by atoms with Crippen LogP contribution in [-0.2, 0) is 25.6 Å². The highest BCUT2D eigenvalue weighted by Gasteiger charge is 2.09. The zero-order chi connectivity index (χ0) is 18.1. The molecule has 0 N–H and O–H groups in total. The highest BCUT2D eigenvalue weighted by molar-refractivity contribution is 5.66. The molecule has 0 aliphatic heterocycles. The van der Waals surface area contributed by atoms with Crippen LogP contribution in [-0.4, -0.2) is 24.3 Å². The van der Waals surface area contributed by atoms with Crippen molar-refractivity contribution < 1.29 is 19.2 Å². The van der Waals surface area contributed by atoms with Crippen molar-refractivity contribution in [2.75, 3.05) is 0 Å². The second-order valence-corrected chi connectivity index (χ2v) is 4.62. The lowest BCUT2D eigenvalue weighted by atomic mass is 10.0. The summed E-state index contributed by atoms with van der Waals surface area (Å²) in [5.41, 5.74) is 2.33. The summed E-state index contributed by atoms with van der Waals surface area (Å²) in [6, 6.07) is 9.21. The number of hydrogen-bond donors (Lipinski definition) is 0. The molecule has 0 fully saturated rings. The normalized spacial score (nSPS) is 8.96. The molecule has 2 aromatic carbocycles. The van der Waals surface area contributed by atoms with Crippen molar-refractivity contribution in [2.24, 2.45) is 20.0 Å². The Kier molecular flexibility index (Phi) is 5.93. The first kappa shape index (κ1) is 17.3. The van der Waals surface area contributed by atoms with Crippen LogP contribution in [0.2, 0.25) is 0 Å². The van der Waals surface area contributed by atoms with Crippen molar-refractivity contribution in [3.8, 4) is 0 Å². The lowest BCUT2D eigenvalue weighted by Crippen LogP contribution is -1.90. The van der Waals surface area contributed by atoms with Gasteiger partial charge in [0, 0.05) is 6.42 Å². The van der Waals surface area contributed by atoms with E-state index < -0.39 is 0 Å². The number of aliphatic imine (C=N–C) groups is 4. The van der Waals surface area contributed by atoms with Crippen molar-refractivity contribution in [1.82, 2.24) is 0 Å². The van der Waals surface area contributed by atoms with Gasteiger partial charge in [0.15, 0.2) is 0 Å². The molecule has 0 aliphatic carbocycles. The first-order valence-corrected chi connectivity index (χ1v) is 6.79. The van der Waals surface area contributed by atoms with Gasteiger partial charge in [-0.1, -0.05) is 12.1 Å². The van der Waals surface area contributed by atoms with Gasteiger partial charge >= 0.3 is 0 Å². The summed E-state index contributed by atoms with van der Waals surface area (Å²) in [4.78, 5) is 56.0. The highest BCUT2D eigenvalue weighted by Crippen LogP contribution is 2.31. The molecule has 0 saturated heterocycles. The van der Waals surface area contributed by atoms with Gasteiger partial charge in [-0.05, 0) is 35.4 Å². The van der Waals surface area contributed by atoms with Gasteiger partial charge in [0.1, 0.15) is 0 Å². The van der Waals surface area contributed by atoms with Crippen LogP contribution in [0.5, 0.6) is 0 Å². The topological polar surface area (TPSA) is 118 Å². The molecule has 8 heteroatoms. The van der Waals surface area contributed by atoms with E-state index in [2.05, 4.69) is 20.0 Å². The minimum Gasteiger partial charge on any atom is -0.211 e. The van der Waals surface area contributed by atoms with Crippen LogP contribution in [0.15, 0.2) is 56.4 Å². The minimum atomic E-state index is 0.261. The van der Waals surface area contributed by atoms with E-state index in [-0.39, 0.29) is 29.2 Å². The molecule has 0 heterocycles. The van der Waals surface area contributed by atoms with Crippen molar-refractivity contribution in [3.05, 3.63) is 47.5 Å². The summed E-state index contributed by atoms with van der Waals surface area (Å²) < 4.78 is 0. The number of nitrogens with zero attached hydrogens (tertiary/aromatic N) is 4. The maximum Gasteiger partial charge on any atom is 0.240 e. The van der Waals surface area contributed by atoms with Gasteiger partial charge < -0.3 is 0 Å². The van der Waals surface area contributed by atoms with Gasteiger partial charge in [0.25, 0.3) is 0 Å². The van der Waals surface area contributed by atoms with E-state index in [1.807, 2.05) is 0 Å². The van der Waals surface area contributed by atoms with Crippen molar-refractivity contribution in [2.45, 2.75) is 6.42 Å². The van der Waals surface area contributed by atoms with Crippen LogP contribution in [0, 0.1) is 0 Å². The van der Waals surface area contributed by atoms with Gasteiger partial charge in [-0.2, -0.15) is 20.0 Å².